The molecule has 1 atom stereocenters. The van der Waals surface area contributed by atoms with Crippen molar-refractivity contribution >= 4 is 23.8 Å². The lowest BCUT2D eigenvalue weighted by atomic mass is 9.89. The minimum Gasteiger partial charge on any atom is -0.467 e. The van der Waals surface area contributed by atoms with Crippen LogP contribution in [0.25, 0.3) is 0 Å². The number of hydrogen-bond donors (Lipinski definition) is 4. The van der Waals surface area contributed by atoms with Crippen molar-refractivity contribution in [1.82, 2.24) is 34.7 Å². The molecule has 192 valence electrons. The number of piperazine rings is 1. The van der Waals surface area contributed by atoms with Crippen molar-refractivity contribution in [1.29, 1.82) is 0 Å². The van der Waals surface area contributed by atoms with Gasteiger partial charge in [0, 0.05) is 45.8 Å². The van der Waals surface area contributed by atoms with Crippen LogP contribution in [-0.4, -0.2) is 101 Å². The predicted octanol–water partition coefficient (Wildman–Crippen LogP) is 1.57. The number of carbonyl (C=O) groups excluding carboxylic acids is 1. The van der Waals surface area contributed by atoms with Crippen molar-refractivity contribution in [2.24, 2.45) is 5.92 Å². The van der Waals surface area contributed by atoms with Crippen molar-refractivity contribution in [3.05, 3.63) is 18.2 Å². The first-order valence-corrected chi connectivity index (χ1v) is 12.6. The number of esters is 1. The number of anilines is 3. The number of aromatic nitrogens is 5. The molecule has 2 aliphatic rings. The standard InChI is InChI=1S/C23H38N10O2/c1-32-10-12-33(13-11-32)9-8-25-21-29-22(26-14-17-6-4-3-5-7-17)31-23(30-21)28-19(20(34)35-2)18-15-24-16-27-18/h15-17,19H,3-14H2,1-2H3,(H,24,27)(H3,25,26,28,29,30,31)/t19-/m0/s1. The van der Waals surface area contributed by atoms with Crippen LogP contribution in [0.15, 0.2) is 12.5 Å². The second kappa shape index (κ2) is 12.6. The van der Waals surface area contributed by atoms with E-state index in [1.54, 1.807) is 6.20 Å². The SMILES string of the molecule is COC(=O)[C@@H](Nc1nc(NCCN2CCN(C)CC2)nc(NCC2CCCCC2)n1)c1cnc[nH]1. The van der Waals surface area contributed by atoms with Gasteiger partial charge in [-0.2, -0.15) is 15.0 Å². The van der Waals surface area contributed by atoms with Crippen LogP contribution in [0.1, 0.15) is 43.8 Å². The lowest BCUT2D eigenvalue weighted by Crippen LogP contribution is -2.45. The molecular weight excluding hydrogens is 448 g/mol. The van der Waals surface area contributed by atoms with Gasteiger partial charge in [-0.1, -0.05) is 19.3 Å². The van der Waals surface area contributed by atoms with Gasteiger partial charge in [-0.05, 0) is 25.8 Å². The molecule has 4 rings (SSSR count). The molecule has 35 heavy (non-hydrogen) atoms. The first kappa shape index (κ1) is 25.1. The number of H-pyrrole nitrogens is 1. The van der Waals surface area contributed by atoms with Gasteiger partial charge < -0.3 is 30.6 Å². The summed E-state index contributed by atoms with van der Waals surface area (Å²) in [5.74, 6) is 1.41. The average Bonchev–Trinajstić information content (AvgIpc) is 3.42. The van der Waals surface area contributed by atoms with Gasteiger partial charge in [0.05, 0.1) is 25.3 Å². The summed E-state index contributed by atoms with van der Waals surface area (Å²) in [6.07, 6.45) is 9.42. The molecule has 2 aromatic heterocycles. The molecule has 12 heteroatoms. The molecule has 2 aromatic rings. The Balaban J connectivity index is 1.44. The topological polar surface area (TPSA) is 136 Å². The van der Waals surface area contributed by atoms with E-state index in [0.29, 0.717) is 29.5 Å². The van der Waals surface area contributed by atoms with E-state index < -0.39 is 12.0 Å². The third-order valence-electron chi connectivity index (χ3n) is 6.76. The van der Waals surface area contributed by atoms with E-state index in [-0.39, 0.29) is 0 Å². The highest BCUT2D eigenvalue weighted by Crippen LogP contribution is 2.24. The van der Waals surface area contributed by atoms with E-state index in [9.17, 15) is 4.79 Å². The number of hydrogen-bond acceptors (Lipinski definition) is 11. The summed E-state index contributed by atoms with van der Waals surface area (Å²) in [6, 6.07) is -0.811. The fraction of sp³-hybridized carbons (Fsp3) is 0.696. The average molecular weight is 487 g/mol. The van der Waals surface area contributed by atoms with Crippen molar-refractivity contribution in [2.75, 3.05) is 75.9 Å². The van der Waals surface area contributed by atoms with Gasteiger partial charge in [-0.15, -0.1) is 0 Å². The second-order valence-corrected chi connectivity index (χ2v) is 9.37. The quantitative estimate of drug-likeness (QED) is 0.345. The van der Waals surface area contributed by atoms with E-state index in [4.69, 9.17) is 4.74 Å². The molecule has 0 unspecified atom stereocenters. The minimum atomic E-state index is -0.811. The molecule has 1 aliphatic heterocycles. The summed E-state index contributed by atoms with van der Waals surface area (Å²) < 4.78 is 4.97. The van der Waals surface area contributed by atoms with Crippen molar-refractivity contribution in [3.63, 3.8) is 0 Å². The monoisotopic (exact) mass is 486 g/mol. The molecule has 2 fully saturated rings. The van der Waals surface area contributed by atoms with E-state index in [1.807, 2.05) is 0 Å². The van der Waals surface area contributed by atoms with E-state index in [0.717, 1.165) is 45.8 Å². The zero-order valence-corrected chi connectivity index (χ0v) is 20.8. The van der Waals surface area contributed by atoms with Gasteiger partial charge in [-0.25, -0.2) is 9.78 Å². The van der Waals surface area contributed by atoms with Crippen LogP contribution in [0.3, 0.4) is 0 Å². The van der Waals surface area contributed by atoms with Crippen LogP contribution in [-0.2, 0) is 9.53 Å². The van der Waals surface area contributed by atoms with Gasteiger partial charge >= 0.3 is 5.97 Å². The largest absolute Gasteiger partial charge is 0.467 e. The van der Waals surface area contributed by atoms with Gasteiger partial charge in [0.2, 0.25) is 17.8 Å². The normalized spacial score (nSPS) is 18.7. The van der Waals surface area contributed by atoms with E-state index in [2.05, 4.69) is 57.7 Å². The van der Waals surface area contributed by atoms with Crippen LogP contribution in [0.2, 0.25) is 0 Å². The van der Waals surface area contributed by atoms with Gasteiger partial charge in [-0.3, -0.25) is 4.90 Å². The Hall–Kier alpha value is -2.99. The molecule has 1 aliphatic carbocycles. The highest BCUT2D eigenvalue weighted by atomic mass is 16.5. The highest BCUT2D eigenvalue weighted by Gasteiger charge is 2.25. The second-order valence-electron chi connectivity index (χ2n) is 9.37. The van der Waals surface area contributed by atoms with Crippen LogP contribution in [0.4, 0.5) is 17.8 Å². The fourth-order valence-electron chi connectivity index (χ4n) is 4.56. The Labute approximate surface area is 206 Å². The first-order valence-electron chi connectivity index (χ1n) is 12.6. The molecule has 1 saturated heterocycles. The molecule has 0 radical (unpaired) electrons. The molecule has 0 bridgehead atoms. The number of imidazole rings is 1. The summed E-state index contributed by atoms with van der Waals surface area (Å²) in [4.78, 5) is 37.9. The molecular formula is C23H38N10O2. The number of likely N-dealkylation sites (N-methyl/N-ethyl adjacent to an activating group) is 1. The third-order valence-corrected chi connectivity index (χ3v) is 6.76. The smallest absolute Gasteiger partial charge is 0.334 e. The van der Waals surface area contributed by atoms with E-state index in [1.165, 1.54) is 45.5 Å². The molecule has 0 amide bonds. The number of carbonyl (C=O) groups is 1. The first-order chi connectivity index (χ1) is 17.1. The minimum absolute atomic E-state index is 0.290. The number of ether oxygens (including phenoxy) is 1. The van der Waals surface area contributed by atoms with Crippen LogP contribution in [0.5, 0.6) is 0 Å². The summed E-state index contributed by atoms with van der Waals surface area (Å²) in [6.45, 7) is 6.73. The molecule has 0 aromatic carbocycles. The molecule has 1 saturated carbocycles. The molecule has 12 nitrogen and oxygen atoms in total. The fourth-order valence-corrected chi connectivity index (χ4v) is 4.56. The maximum atomic E-state index is 12.4. The zero-order valence-electron chi connectivity index (χ0n) is 20.8. The summed E-state index contributed by atoms with van der Waals surface area (Å²) >= 11 is 0. The predicted molar refractivity (Wildman–Crippen MR) is 134 cm³/mol. The maximum absolute atomic E-state index is 12.4. The van der Waals surface area contributed by atoms with Crippen molar-refractivity contribution in [3.8, 4) is 0 Å². The lowest BCUT2D eigenvalue weighted by molar-refractivity contribution is -0.141. The zero-order chi connectivity index (χ0) is 24.5. The number of aromatic amines is 1. The molecule has 0 spiro atoms. The summed E-state index contributed by atoms with van der Waals surface area (Å²) in [5.41, 5.74) is 0.568. The Morgan fingerprint density at radius 1 is 1.09 bits per heavy atom. The number of methoxy groups -OCH3 is 1. The van der Waals surface area contributed by atoms with E-state index >= 15 is 0 Å². The third kappa shape index (κ3) is 7.49. The Morgan fingerprint density at radius 2 is 1.80 bits per heavy atom. The van der Waals surface area contributed by atoms with Crippen LogP contribution >= 0.6 is 0 Å². The lowest BCUT2D eigenvalue weighted by Gasteiger charge is -2.32. The van der Waals surface area contributed by atoms with Crippen molar-refractivity contribution < 1.29 is 9.53 Å². The van der Waals surface area contributed by atoms with Gasteiger partial charge in [0.1, 0.15) is 0 Å². The van der Waals surface area contributed by atoms with Gasteiger partial charge in [0.25, 0.3) is 0 Å². The molecule has 3 heterocycles. The Morgan fingerprint density at radius 3 is 2.49 bits per heavy atom. The van der Waals surface area contributed by atoms with Crippen LogP contribution < -0.4 is 16.0 Å². The Bertz CT molecular complexity index is 911. The number of nitrogens with zero attached hydrogens (tertiary/aromatic N) is 6. The number of rotatable bonds is 11. The van der Waals surface area contributed by atoms with Gasteiger partial charge in [0.15, 0.2) is 6.04 Å². The number of nitrogens with one attached hydrogen (secondary N) is 4. The van der Waals surface area contributed by atoms with Crippen LogP contribution in [0, 0.1) is 5.92 Å². The summed E-state index contributed by atoms with van der Waals surface area (Å²) in [7, 11) is 3.50. The summed E-state index contributed by atoms with van der Waals surface area (Å²) in [5, 5.41) is 9.83. The highest BCUT2D eigenvalue weighted by molar-refractivity contribution is 5.79. The molecule has 4 N–H and O–H groups in total. The Kier molecular flexibility index (Phi) is 9.07. The maximum Gasteiger partial charge on any atom is 0.334 e. The van der Waals surface area contributed by atoms with Crippen molar-refractivity contribution in [2.45, 2.75) is 38.1 Å².